The summed E-state index contributed by atoms with van der Waals surface area (Å²) in [6, 6.07) is 1.72. The van der Waals surface area contributed by atoms with E-state index in [1.807, 2.05) is 0 Å². The highest BCUT2D eigenvalue weighted by molar-refractivity contribution is 7.89. The van der Waals surface area contributed by atoms with Gasteiger partial charge in [0.05, 0.1) is 10.8 Å². The molecule has 0 amide bonds. The predicted octanol–water partition coefficient (Wildman–Crippen LogP) is 3.69. The smallest absolute Gasteiger partial charge is 0.207 e. The van der Waals surface area contributed by atoms with E-state index in [4.69, 9.17) is 11.6 Å². The van der Waals surface area contributed by atoms with Gasteiger partial charge in [-0.15, -0.1) is 22.9 Å². The molecule has 3 rings (SSSR count). The lowest BCUT2D eigenvalue weighted by Gasteiger charge is -2.40. The van der Waals surface area contributed by atoms with Crippen LogP contribution in [-0.2, 0) is 15.9 Å². The molecule has 1 aliphatic heterocycles. The lowest BCUT2D eigenvalue weighted by atomic mass is 9.76. The topological polar surface area (TPSA) is 37.4 Å². The quantitative estimate of drug-likeness (QED) is 0.791. The molecule has 6 heteroatoms. The number of nitrogens with zero attached hydrogens (tertiary/aromatic N) is 1. The molecule has 1 saturated carbocycles. The molecule has 3 nitrogen and oxygen atoms in total. The van der Waals surface area contributed by atoms with Gasteiger partial charge < -0.3 is 0 Å². The van der Waals surface area contributed by atoms with Crippen molar-refractivity contribution in [2.24, 2.45) is 11.8 Å². The van der Waals surface area contributed by atoms with Crippen LogP contribution in [0.4, 0.5) is 0 Å². The fourth-order valence-corrected chi connectivity index (χ4v) is 6.39. The Kier molecular flexibility index (Phi) is 4.41. The van der Waals surface area contributed by atoms with Crippen molar-refractivity contribution in [1.82, 2.24) is 4.31 Å². The monoisotopic (exact) mass is 333 g/mol. The number of halogens is 1. The summed E-state index contributed by atoms with van der Waals surface area (Å²) in [6.45, 7) is 1.38. The van der Waals surface area contributed by atoms with Crippen molar-refractivity contribution in [3.63, 3.8) is 0 Å². The van der Waals surface area contributed by atoms with Crippen LogP contribution in [0.1, 0.15) is 37.0 Å². The molecule has 2 atom stereocenters. The van der Waals surface area contributed by atoms with Crippen LogP contribution in [-0.4, -0.2) is 25.8 Å². The second-order valence-electron chi connectivity index (χ2n) is 5.84. The summed E-state index contributed by atoms with van der Waals surface area (Å²) in [5.74, 6) is 1.69. The molecule has 112 valence electrons. The van der Waals surface area contributed by atoms with Crippen molar-refractivity contribution in [3.05, 3.63) is 16.3 Å². The average Bonchev–Trinajstić information content (AvgIpc) is 2.96. The second kappa shape index (κ2) is 5.95. The van der Waals surface area contributed by atoms with Gasteiger partial charge in [-0.25, -0.2) is 8.42 Å². The Morgan fingerprint density at radius 1 is 1.25 bits per heavy atom. The van der Waals surface area contributed by atoms with Gasteiger partial charge in [0.15, 0.2) is 0 Å². The lowest BCUT2D eigenvalue weighted by Crippen LogP contribution is -2.44. The van der Waals surface area contributed by atoms with Crippen LogP contribution >= 0.6 is 22.9 Å². The summed E-state index contributed by atoms with van der Waals surface area (Å²) in [4.78, 5) is 1.34. The molecule has 1 aliphatic carbocycles. The zero-order valence-electron chi connectivity index (χ0n) is 11.4. The van der Waals surface area contributed by atoms with Gasteiger partial charge in [-0.05, 0) is 30.7 Å². The minimum absolute atomic E-state index is 0.380. The molecule has 0 N–H and O–H groups in total. The van der Waals surface area contributed by atoms with E-state index in [1.54, 1.807) is 15.8 Å². The fraction of sp³-hybridized carbons (Fsp3) is 0.714. The van der Waals surface area contributed by atoms with E-state index in [1.165, 1.54) is 37.0 Å². The number of sulfonamides is 1. The highest BCUT2D eigenvalue weighted by atomic mass is 35.5. The van der Waals surface area contributed by atoms with Gasteiger partial charge in [-0.2, -0.15) is 4.31 Å². The van der Waals surface area contributed by atoms with E-state index in [2.05, 4.69) is 0 Å². The van der Waals surface area contributed by atoms with Crippen LogP contribution < -0.4 is 0 Å². The Morgan fingerprint density at radius 3 is 2.70 bits per heavy atom. The minimum atomic E-state index is -3.32. The zero-order valence-corrected chi connectivity index (χ0v) is 13.8. The highest BCUT2D eigenvalue weighted by Crippen LogP contribution is 2.38. The number of fused-ring (bicyclic) bond motifs is 1. The summed E-state index contributed by atoms with van der Waals surface area (Å²) in [6.07, 6.45) is 6.07. The molecule has 1 aromatic heterocycles. The maximum Gasteiger partial charge on any atom is 0.243 e. The Bertz CT molecular complexity index is 569. The standard InChI is InChI=1S/C14H20ClNO2S2/c15-8-13-7-14(10-19-13)20(17,18)16-6-5-11-3-1-2-4-12(11)9-16/h7,10-12H,1-6,8-9H2. The third-order valence-corrected chi connectivity index (χ3v) is 8.03. The molecule has 2 aliphatic rings. The second-order valence-corrected chi connectivity index (χ2v) is 9.04. The molecule has 1 saturated heterocycles. The first kappa shape index (κ1) is 14.8. The molecule has 2 heterocycles. The number of alkyl halides is 1. The molecule has 0 bridgehead atoms. The Hall–Kier alpha value is -0.100. The summed E-state index contributed by atoms with van der Waals surface area (Å²) in [5.41, 5.74) is 0. The van der Waals surface area contributed by atoms with E-state index in [0.29, 0.717) is 29.8 Å². The third-order valence-electron chi connectivity index (χ3n) is 4.65. The van der Waals surface area contributed by atoms with Gasteiger partial charge in [0, 0.05) is 23.3 Å². The largest absolute Gasteiger partial charge is 0.243 e. The number of hydrogen-bond acceptors (Lipinski definition) is 3. The molecule has 0 aromatic carbocycles. The van der Waals surface area contributed by atoms with Crippen LogP contribution in [0.3, 0.4) is 0 Å². The zero-order chi connectivity index (χ0) is 14.2. The van der Waals surface area contributed by atoms with Gasteiger partial charge in [0.1, 0.15) is 0 Å². The van der Waals surface area contributed by atoms with Crippen LogP contribution in [0.25, 0.3) is 0 Å². The van der Waals surface area contributed by atoms with Crippen LogP contribution in [0.2, 0.25) is 0 Å². The number of thiophene rings is 1. The van der Waals surface area contributed by atoms with Gasteiger partial charge in [-0.3, -0.25) is 0 Å². The van der Waals surface area contributed by atoms with Crippen molar-refractivity contribution in [3.8, 4) is 0 Å². The molecule has 0 spiro atoms. The van der Waals surface area contributed by atoms with Crippen molar-refractivity contribution < 1.29 is 8.42 Å². The summed E-state index contributed by atoms with van der Waals surface area (Å²) in [5, 5.41) is 1.72. The van der Waals surface area contributed by atoms with Crippen molar-refractivity contribution in [2.75, 3.05) is 13.1 Å². The Labute approximate surface area is 130 Å². The Morgan fingerprint density at radius 2 is 2.00 bits per heavy atom. The van der Waals surface area contributed by atoms with Crippen LogP contribution in [0, 0.1) is 11.8 Å². The van der Waals surface area contributed by atoms with Gasteiger partial charge in [0.25, 0.3) is 0 Å². The van der Waals surface area contributed by atoms with Crippen LogP contribution in [0.15, 0.2) is 16.3 Å². The summed E-state index contributed by atoms with van der Waals surface area (Å²) >= 11 is 7.19. The van der Waals surface area contributed by atoms with Crippen molar-refractivity contribution >= 4 is 33.0 Å². The normalized spacial score (nSPS) is 28.2. The first-order valence-electron chi connectivity index (χ1n) is 7.25. The summed E-state index contributed by atoms with van der Waals surface area (Å²) in [7, 11) is -3.32. The highest BCUT2D eigenvalue weighted by Gasteiger charge is 2.36. The van der Waals surface area contributed by atoms with Crippen LogP contribution in [0.5, 0.6) is 0 Å². The third kappa shape index (κ3) is 2.78. The molecule has 20 heavy (non-hydrogen) atoms. The average molecular weight is 334 g/mol. The van der Waals surface area contributed by atoms with Gasteiger partial charge in [0.2, 0.25) is 10.0 Å². The number of rotatable bonds is 3. The number of piperidine rings is 1. The maximum atomic E-state index is 12.7. The maximum absolute atomic E-state index is 12.7. The Balaban J connectivity index is 1.77. The van der Waals surface area contributed by atoms with E-state index in [9.17, 15) is 8.42 Å². The first-order valence-corrected chi connectivity index (χ1v) is 10.1. The van der Waals surface area contributed by atoms with E-state index < -0.39 is 10.0 Å². The minimum Gasteiger partial charge on any atom is -0.207 e. The van der Waals surface area contributed by atoms with Crippen molar-refractivity contribution in [1.29, 1.82) is 0 Å². The van der Waals surface area contributed by atoms with E-state index >= 15 is 0 Å². The summed E-state index contributed by atoms with van der Waals surface area (Å²) < 4.78 is 27.1. The SMILES string of the molecule is O=S(=O)(c1csc(CCl)c1)N1CCC2CCCCC2C1. The molecule has 1 aromatic rings. The van der Waals surface area contributed by atoms with Crippen molar-refractivity contribution in [2.45, 2.75) is 42.9 Å². The molecular weight excluding hydrogens is 314 g/mol. The van der Waals surface area contributed by atoms with E-state index in [0.717, 1.165) is 17.2 Å². The molecule has 2 unspecified atom stereocenters. The lowest BCUT2D eigenvalue weighted by molar-refractivity contribution is 0.136. The molecule has 0 radical (unpaired) electrons. The number of hydrogen-bond donors (Lipinski definition) is 0. The fourth-order valence-electron chi connectivity index (χ4n) is 3.50. The molecule has 2 fully saturated rings. The van der Waals surface area contributed by atoms with E-state index in [-0.39, 0.29) is 0 Å². The van der Waals surface area contributed by atoms with Gasteiger partial charge >= 0.3 is 0 Å². The van der Waals surface area contributed by atoms with Gasteiger partial charge in [-0.1, -0.05) is 19.3 Å². The molecular formula is C14H20ClNO2S2. The first-order chi connectivity index (χ1) is 9.61. The predicted molar refractivity (Wildman–Crippen MR) is 82.7 cm³/mol.